The van der Waals surface area contributed by atoms with Crippen LogP contribution in [0.3, 0.4) is 0 Å². The molecular weight excluding hydrogens is 378 g/mol. The fourth-order valence-electron chi connectivity index (χ4n) is 3.61. The molecule has 3 aromatic rings. The Morgan fingerprint density at radius 3 is 2.27 bits per heavy atom. The van der Waals surface area contributed by atoms with E-state index >= 15 is 0 Å². The first kappa shape index (κ1) is 19.8. The van der Waals surface area contributed by atoms with Gasteiger partial charge in [0.1, 0.15) is 5.69 Å². The first-order valence-corrected chi connectivity index (χ1v) is 10.1. The van der Waals surface area contributed by atoms with E-state index in [1.165, 1.54) is 11.8 Å². The van der Waals surface area contributed by atoms with Crippen LogP contribution in [0.4, 0.5) is 0 Å². The van der Waals surface area contributed by atoms with Gasteiger partial charge >= 0.3 is 0 Å². The summed E-state index contributed by atoms with van der Waals surface area (Å²) in [4.78, 5) is 33.4. The van der Waals surface area contributed by atoms with Crippen molar-refractivity contribution in [3.63, 3.8) is 0 Å². The van der Waals surface area contributed by atoms with Crippen LogP contribution in [0.5, 0.6) is 0 Å². The van der Waals surface area contributed by atoms with Crippen molar-refractivity contribution in [3.8, 4) is 5.69 Å². The van der Waals surface area contributed by atoms with Gasteiger partial charge in [-0.15, -0.1) is 0 Å². The van der Waals surface area contributed by atoms with Crippen LogP contribution in [0.15, 0.2) is 73.2 Å². The van der Waals surface area contributed by atoms with Crippen molar-refractivity contribution in [1.29, 1.82) is 0 Å². The second-order valence-corrected chi connectivity index (χ2v) is 7.31. The first-order chi connectivity index (χ1) is 14.7. The van der Waals surface area contributed by atoms with Crippen LogP contribution in [0.1, 0.15) is 16.1 Å². The topological polar surface area (TPSA) is 70.5 Å². The molecule has 7 nitrogen and oxygen atoms in total. The number of hydrogen-bond acceptors (Lipinski definition) is 4. The van der Waals surface area contributed by atoms with Crippen LogP contribution < -0.4 is 5.32 Å². The van der Waals surface area contributed by atoms with E-state index < -0.39 is 0 Å². The molecule has 0 radical (unpaired) electrons. The highest BCUT2D eigenvalue weighted by molar-refractivity contribution is 5.95. The molecule has 7 heteroatoms. The van der Waals surface area contributed by atoms with Crippen molar-refractivity contribution < 1.29 is 9.59 Å². The monoisotopic (exact) mass is 403 g/mol. The summed E-state index contributed by atoms with van der Waals surface area (Å²) < 4.78 is 1.71. The molecule has 2 heterocycles. The van der Waals surface area contributed by atoms with E-state index in [2.05, 4.69) is 27.3 Å². The molecule has 1 aromatic heterocycles. The van der Waals surface area contributed by atoms with E-state index in [1.54, 1.807) is 10.9 Å². The lowest BCUT2D eigenvalue weighted by Gasteiger charge is -2.34. The van der Waals surface area contributed by atoms with Crippen LogP contribution in [0.25, 0.3) is 5.69 Å². The smallest absolute Gasteiger partial charge is 0.270 e. The Morgan fingerprint density at radius 2 is 1.57 bits per heavy atom. The zero-order chi connectivity index (χ0) is 20.8. The number of carbonyl (C=O) groups is 2. The lowest BCUT2D eigenvalue weighted by atomic mass is 10.2. The third-order valence-electron chi connectivity index (χ3n) is 5.28. The van der Waals surface area contributed by atoms with Gasteiger partial charge in [0.15, 0.2) is 0 Å². The predicted molar refractivity (Wildman–Crippen MR) is 114 cm³/mol. The molecule has 1 saturated heterocycles. The molecule has 154 valence electrons. The molecule has 0 unspecified atom stereocenters. The molecule has 0 bridgehead atoms. The maximum atomic E-state index is 12.6. The Labute approximate surface area is 175 Å². The van der Waals surface area contributed by atoms with Gasteiger partial charge in [0.25, 0.3) is 5.91 Å². The SMILES string of the molecule is O=C(NCC(=O)N1CCN(Cc2ccccc2)CC1)c1cncn1-c1ccccc1. The van der Waals surface area contributed by atoms with Gasteiger partial charge in [-0.3, -0.25) is 19.1 Å². The summed E-state index contributed by atoms with van der Waals surface area (Å²) in [5.41, 5.74) is 2.53. The Morgan fingerprint density at radius 1 is 0.900 bits per heavy atom. The zero-order valence-electron chi connectivity index (χ0n) is 16.8. The minimum absolute atomic E-state index is 0.0164. The highest BCUT2D eigenvalue weighted by atomic mass is 16.2. The van der Waals surface area contributed by atoms with Gasteiger partial charge in [-0.05, 0) is 17.7 Å². The van der Waals surface area contributed by atoms with Gasteiger partial charge in [-0.2, -0.15) is 0 Å². The van der Waals surface area contributed by atoms with Gasteiger partial charge < -0.3 is 10.2 Å². The van der Waals surface area contributed by atoms with Crippen molar-refractivity contribution in [2.75, 3.05) is 32.7 Å². The summed E-state index contributed by atoms with van der Waals surface area (Å²) in [5.74, 6) is -0.374. The molecule has 1 aliphatic rings. The van der Waals surface area contributed by atoms with E-state index in [9.17, 15) is 9.59 Å². The van der Waals surface area contributed by atoms with E-state index in [-0.39, 0.29) is 18.4 Å². The normalized spacial score (nSPS) is 14.5. The summed E-state index contributed by atoms with van der Waals surface area (Å²) >= 11 is 0. The fraction of sp³-hybridized carbons (Fsp3) is 0.261. The molecule has 0 atom stereocenters. The van der Waals surface area contributed by atoms with Crippen molar-refractivity contribution in [2.45, 2.75) is 6.54 Å². The van der Waals surface area contributed by atoms with Crippen molar-refractivity contribution in [3.05, 3.63) is 84.4 Å². The van der Waals surface area contributed by atoms with Gasteiger partial charge in [-0.1, -0.05) is 48.5 Å². The summed E-state index contributed by atoms with van der Waals surface area (Å²) in [6.45, 7) is 3.87. The molecule has 0 spiro atoms. The minimum atomic E-state index is -0.313. The zero-order valence-corrected chi connectivity index (χ0v) is 16.8. The average molecular weight is 403 g/mol. The summed E-state index contributed by atoms with van der Waals surface area (Å²) in [5, 5.41) is 2.74. The van der Waals surface area contributed by atoms with E-state index in [0.717, 1.165) is 25.3 Å². The highest BCUT2D eigenvalue weighted by Gasteiger charge is 2.22. The van der Waals surface area contributed by atoms with Crippen molar-refractivity contribution in [1.82, 2.24) is 24.7 Å². The van der Waals surface area contributed by atoms with Crippen LogP contribution >= 0.6 is 0 Å². The Bertz CT molecular complexity index is 979. The van der Waals surface area contributed by atoms with E-state index in [0.29, 0.717) is 18.8 Å². The van der Waals surface area contributed by atoms with Crippen molar-refractivity contribution in [2.24, 2.45) is 0 Å². The fourth-order valence-corrected chi connectivity index (χ4v) is 3.61. The minimum Gasteiger partial charge on any atom is -0.342 e. The second kappa shape index (κ2) is 9.37. The molecule has 2 aromatic carbocycles. The molecule has 0 saturated carbocycles. The lowest BCUT2D eigenvalue weighted by Crippen LogP contribution is -2.50. The predicted octanol–water partition coefficient (Wildman–Crippen LogP) is 1.95. The third-order valence-corrected chi connectivity index (χ3v) is 5.28. The maximum Gasteiger partial charge on any atom is 0.270 e. The molecule has 1 N–H and O–H groups in total. The van der Waals surface area contributed by atoms with Crippen LogP contribution in [-0.2, 0) is 11.3 Å². The summed E-state index contributed by atoms with van der Waals surface area (Å²) in [7, 11) is 0. The molecule has 30 heavy (non-hydrogen) atoms. The first-order valence-electron chi connectivity index (χ1n) is 10.1. The standard InChI is InChI=1S/C23H25N5O2/c29-22(27-13-11-26(12-14-27)17-19-7-3-1-4-8-19)16-25-23(30)21-15-24-18-28(21)20-9-5-2-6-10-20/h1-10,15,18H,11-14,16-17H2,(H,25,30). The van der Waals surface area contributed by atoms with E-state index in [1.807, 2.05) is 53.4 Å². The van der Waals surface area contributed by atoms with Crippen LogP contribution in [0, 0.1) is 0 Å². The van der Waals surface area contributed by atoms with Crippen LogP contribution in [0.2, 0.25) is 0 Å². The van der Waals surface area contributed by atoms with E-state index in [4.69, 9.17) is 0 Å². The van der Waals surface area contributed by atoms with Gasteiger partial charge in [0.2, 0.25) is 5.91 Å². The quantitative estimate of drug-likeness (QED) is 0.683. The number of carbonyl (C=O) groups excluding carboxylic acids is 2. The summed E-state index contributed by atoms with van der Waals surface area (Å²) in [6.07, 6.45) is 3.10. The highest BCUT2D eigenvalue weighted by Crippen LogP contribution is 2.11. The number of amides is 2. The second-order valence-electron chi connectivity index (χ2n) is 7.31. The summed E-state index contributed by atoms with van der Waals surface area (Å²) in [6, 6.07) is 19.9. The lowest BCUT2D eigenvalue weighted by molar-refractivity contribution is -0.131. The number of imidazole rings is 1. The molecule has 0 aliphatic carbocycles. The number of hydrogen-bond donors (Lipinski definition) is 1. The van der Waals surface area contributed by atoms with Gasteiger partial charge in [0.05, 0.1) is 19.1 Å². The number of para-hydroxylation sites is 1. The number of nitrogens with zero attached hydrogens (tertiary/aromatic N) is 4. The maximum absolute atomic E-state index is 12.6. The Hall–Kier alpha value is -3.45. The number of piperazine rings is 1. The number of rotatable bonds is 6. The largest absolute Gasteiger partial charge is 0.342 e. The number of aromatic nitrogens is 2. The molecule has 1 aliphatic heterocycles. The number of benzene rings is 2. The van der Waals surface area contributed by atoms with Crippen LogP contribution in [-0.4, -0.2) is 63.9 Å². The van der Waals surface area contributed by atoms with Gasteiger partial charge in [-0.25, -0.2) is 4.98 Å². The average Bonchev–Trinajstić information content (AvgIpc) is 3.29. The Balaban J connectivity index is 1.27. The molecule has 2 amide bonds. The van der Waals surface area contributed by atoms with Gasteiger partial charge in [0, 0.05) is 38.4 Å². The number of nitrogens with one attached hydrogen (secondary N) is 1. The Kier molecular flexibility index (Phi) is 6.20. The third kappa shape index (κ3) is 4.75. The molecule has 1 fully saturated rings. The van der Waals surface area contributed by atoms with Crippen molar-refractivity contribution >= 4 is 11.8 Å². The molecular formula is C23H25N5O2. The molecule has 4 rings (SSSR count).